The molecule has 0 aliphatic heterocycles. The number of hydrogen-bond acceptors (Lipinski definition) is 2. The Morgan fingerprint density at radius 1 is 1.32 bits per heavy atom. The number of thiophene rings is 1. The minimum Gasteiger partial charge on any atom is -0.306 e. The van der Waals surface area contributed by atoms with Crippen molar-refractivity contribution in [3.05, 3.63) is 55.1 Å². The van der Waals surface area contributed by atoms with Crippen LogP contribution in [0, 0.1) is 6.92 Å². The van der Waals surface area contributed by atoms with Crippen molar-refractivity contribution < 1.29 is 0 Å². The second kappa shape index (κ2) is 6.89. The molecule has 0 bridgehead atoms. The van der Waals surface area contributed by atoms with Gasteiger partial charge in [-0.15, -0.1) is 11.3 Å². The molecule has 102 valence electrons. The zero-order valence-electron chi connectivity index (χ0n) is 11.0. The highest BCUT2D eigenvalue weighted by atomic mass is 79.9. The Morgan fingerprint density at radius 3 is 2.53 bits per heavy atom. The molecule has 1 nitrogen and oxygen atoms in total. The van der Waals surface area contributed by atoms with Crippen LogP contribution in [0.5, 0.6) is 0 Å². The monoisotopic (exact) mass is 357 g/mol. The standard InChI is InChI=1S/C15H17BrClNS/c1-3-8-18-14(11-6-4-10(2)5-7-11)13-9-12(17)15(16)19-13/h4-7,9,14,18H,3,8H2,1-2H3. The van der Waals surface area contributed by atoms with E-state index in [0.717, 1.165) is 21.8 Å². The number of aryl methyl sites for hydroxylation is 1. The van der Waals surface area contributed by atoms with Gasteiger partial charge in [-0.2, -0.15) is 0 Å². The molecule has 0 aliphatic rings. The van der Waals surface area contributed by atoms with Crippen LogP contribution < -0.4 is 5.32 Å². The molecule has 0 aliphatic carbocycles. The molecule has 0 fully saturated rings. The summed E-state index contributed by atoms with van der Waals surface area (Å²) in [5.41, 5.74) is 2.56. The van der Waals surface area contributed by atoms with Crippen LogP contribution in [0.15, 0.2) is 34.1 Å². The van der Waals surface area contributed by atoms with E-state index in [4.69, 9.17) is 11.6 Å². The first-order valence-corrected chi connectivity index (χ1v) is 8.35. The van der Waals surface area contributed by atoms with Crippen molar-refractivity contribution in [2.45, 2.75) is 26.3 Å². The minimum atomic E-state index is 0.217. The summed E-state index contributed by atoms with van der Waals surface area (Å²) in [6.45, 7) is 5.28. The van der Waals surface area contributed by atoms with Gasteiger partial charge in [-0.05, 0) is 47.4 Å². The van der Waals surface area contributed by atoms with Gasteiger partial charge in [0.1, 0.15) is 0 Å². The van der Waals surface area contributed by atoms with Crippen LogP contribution in [0.4, 0.5) is 0 Å². The molecular formula is C15H17BrClNS. The Kier molecular flexibility index (Phi) is 5.46. The van der Waals surface area contributed by atoms with Crippen molar-refractivity contribution in [3.63, 3.8) is 0 Å². The predicted molar refractivity (Wildman–Crippen MR) is 88.3 cm³/mol. The third-order valence-electron chi connectivity index (χ3n) is 2.96. The van der Waals surface area contributed by atoms with Gasteiger partial charge in [0.2, 0.25) is 0 Å². The van der Waals surface area contributed by atoms with E-state index in [0.29, 0.717) is 0 Å². The van der Waals surface area contributed by atoms with Gasteiger partial charge in [0.15, 0.2) is 0 Å². The van der Waals surface area contributed by atoms with Crippen molar-refractivity contribution in [1.82, 2.24) is 5.32 Å². The number of nitrogens with one attached hydrogen (secondary N) is 1. The van der Waals surface area contributed by atoms with E-state index in [2.05, 4.69) is 59.4 Å². The fourth-order valence-corrected chi connectivity index (χ4v) is 3.79. The first-order chi connectivity index (χ1) is 9.11. The van der Waals surface area contributed by atoms with Crippen LogP contribution in [-0.4, -0.2) is 6.54 Å². The van der Waals surface area contributed by atoms with Crippen LogP contribution in [0.25, 0.3) is 0 Å². The Morgan fingerprint density at radius 2 is 2.00 bits per heavy atom. The largest absolute Gasteiger partial charge is 0.306 e. The lowest BCUT2D eigenvalue weighted by Crippen LogP contribution is -2.22. The molecule has 0 saturated carbocycles. The van der Waals surface area contributed by atoms with Gasteiger partial charge in [-0.25, -0.2) is 0 Å². The highest BCUT2D eigenvalue weighted by molar-refractivity contribution is 9.11. The Balaban J connectivity index is 2.32. The van der Waals surface area contributed by atoms with E-state index >= 15 is 0 Å². The summed E-state index contributed by atoms with van der Waals surface area (Å²) in [6, 6.07) is 10.9. The van der Waals surface area contributed by atoms with E-state index < -0.39 is 0 Å². The first-order valence-electron chi connectivity index (χ1n) is 6.36. The maximum absolute atomic E-state index is 6.16. The maximum atomic E-state index is 6.16. The van der Waals surface area contributed by atoms with Gasteiger partial charge in [-0.3, -0.25) is 0 Å². The van der Waals surface area contributed by atoms with Gasteiger partial charge >= 0.3 is 0 Å². The van der Waals surface area contributed by atoms with Crippen LogP contribution >= 0.6 is 38.9 Å². The van der Waals surface area contributed by atoms with E-state index in [-0.39, 0.29) is 6.04 Å². The second-order valence-electron chi connectivity index (χ2n) is 4.57. The summed E-state index contributed by atoms with van der Waals surface area (Å²) >= 11 is 11.3. The van der Waals surface area contributed by atoms with Gasteiger partial charge in [0.25, 0.3) is 0 Å². The number of hydrogen-bond donors (Lipinski definition) is 1. The Labute approximate surface area is 132 Å². The van der Waals surface area contributed by atoms with Crippen molar-refractivity contribution in [1.29, 1.82) is 0 Å². The van der Waals surface area contributed by atoms with E-state index in [1.807, 2.05) is 6.07 Å². The highest BCUT2D eigenvalue weighted by Crippen LogP contribution is 2.37. The summed E-state index contributed by atoms with van der Waals surface area (Å²) in [5, 5.41) is 4.38. The smallest absolute Gasteiger partial charge is 0.0888 e. The second-order valence-corrected chi connectivity index (χ2v) is 7.38. The van der Waals surface area contributed by atoms with Gasteiger partial charge in [0, 0.05) is 4.88 Å². The molecule has 19 heavy (non-hydrogen) atoms. The molecule has 0 amide bonds. The lowest BCUT2D eigenvalue weighted by atomic mass is 10.0. The van der Waals surface area contributed by atoms with Gasteiger partial charge < -0.3 is 5.32 Å². The van der Waals surface area contributed by atoms with Crippen LogP contribution in [0.1, 0.15) is 35.4 Å². The molecule has 2 aromatic rings. The topological polar surface area (TPSA) is 12.0 Å². The fourth-order valence-electron chi connectivity index (χ4n) is 1.94. The first kappa shape index (κ1) is 15.0. The van der Waals surface area contributed by atoms with E-state index in [9.17, 15) is 0 Å². The van der Waals surface area contributed by atoms with Crippen molar-refractivity contribution in [2.24, 2.45) is 0 Å². The molecule has 1 atom stereocenters. The summed E-state index contributed by atoms with van der Waals surface area (Å²) in [5.74, 6) is 0. The fraction of sp³-hybridized carbons (Fsp3) is 0.333. The van der Waals surface area contributed by atoms with Gasteiger partial charge in [-0.1, -0.05) is 48.4 Å². The average Bonchev–Trinajstić information content (AvgIpc) is 2.72. The van der Waals surface area contributed by atoms with Crippen molar-refractivity contribution in [3.8, 4) is 0 Å². The van der Waals surface area contributed by atoms with Crippen molar-refractivity contribution in [2.75, 3.05) is 6.54 Å². The molecule has 1 unspecified atom stereocenters. The SMILES string of the molecule is CCCNC(c1ccc(C)cc1)c1cc(Cl)c(Br)s1. The third kappa shape index (κ3) is 3.82. The third-order valence-corrected chi connectivity index (χ3v) is 5.50. The van der Waals surface area contributed by atoms with Crippen LogP contribution in [0.2, 0.25) is 5.02 Å². The molecule has 4 heteroatoms. The predicted octanol–water partition coefficient (Wildman–Crippen LogP) is 5.56. The quantitative estimate of drug-likeness (QED) is 0.737. The lowest BCUT2D eigenvalue weighted by Gasteiger charge is -2.17. The minimum absolute atomic E-state index is 0.217. The Hall–Kier alpha value is -0.350. The number of benzene rings is 1. The number of halogens is 2. The zero-order chi connectivity index (χ0) is 13.8. The molecular weight excluding hydrogens is 342 g/mol. The molecule has 0 saturated heterocycles. The Bertz CT molecular complexity index is 516. The summed E-state index contributed by atoms with van der Waals surface area (Å²) in [4.78, 5) is 1.24. The number of rotatable bonds is 5. The molecule has 1 aromatic carbocycles. The molecule has 1 aromatic heterocycles. The molecule has 0 spiro atoms. The van der Waals surface area contributed by atoms with E-state index in [1.54, 1.807) is 11.3 Å². The average molecular weight is 359 g/mol. The van der Waals surface area contributed by atoms with Crippen LogP contribution in [0.3, 0.4) is 0 Å². The van der Waals surface area contributed by atoms with Crippen LogP contribution in [-0.2, 0) is 0 Å². The molecule has 1 N–H and O–H groups in total. The lowest BCUT2D eigenvalue weighted by molar-refractivity contribution is 0.606. The summed E-state index contributed by atoms with van der Waals surface area (Å²) in [7, 11) is 0. The van der Waals surface area contributed by atoms with Gasteiger partial charge in [0.05, 0.1) is 14.9 Å². The summed E-state index contributed by atoms with van der Waals surface area (Å²) in [6.07, 6.45) is 1.11. The van der Waals surface area contributed by atoms with E-state index in [1.165, 1.54) is 16.0 Å². The molecule has 0 radical (unpaired) electrons. The van der Waals surface area contributed by atoms with Crippen molar-refractivity contribution >= 4 is 38.9 Å². The zero-order valence-corrected chi connectivity index (χ0v) is 14.2. The molecule has 1 heterocycles. The maximum Gasteiger partial charge on any atom is 0.0888 e. The summed E-state index contributed by atoms with van der Waals surface area (Å²) < 4.78 is 1.000. The molecule has 2 rings (SSSR count). The highest BCUT2D eigenvalue weighted by Gasteiger charge is 2.17. The normalized spacial score (nSPS) is 12.6.